The van der Waals surface area contributed by atoms with Crippen LogP contribution in [0.25, 0.3) is 16.7 Å². The lowest BCUT2D eigenvalue weighted by Gasteiger charge is -2.11. The number of amides is 1. The molecule has 1 N–H and O–H groups in total. The van der Waals surface area contributed by atoms with Crippen molar-refractivity contribution in [2.45, 2.75) is 18.9 Å². The fourth-order valence-electron chi connectivity index (χ4n) is 2.48. The molecule has 4 rings (SSSR count). The van der Waals surface area contributed by atoms with Crippen LogP contribution in [0.4, 0.5) is 0 Å². The predicted octanol–water partition coefficient (Wildman–Crippen LogP) is 2.44. The summed E-state index contributed by atoms with van der Waals surface area (Å²) in [5.74, 6) is -0.433. The summed E-state index contributed by atoms with van der Waals surface area (Å²) in [5, 5.41) is 7.49. The lowest BCUT2D eigenvalue weighted by Crippen LogP contribution is -2.33. The minimum absolute atomic E-state index is 0.109. The summed E-state index contributed by atoms with van der Waals surface area (Å²) in [4.78, 5) is 29.3. The van der Waals surface area contributed by atoms with Crippen molar-refractivity contribution in [1.29, 1.82) is 0 Å². The van der Waals surface area contributed by atoms with Gasteiger partial charge in [0.25, 0.3) is 5.91 Å². The van der Waals surface area contributed by atoms with E-state index in [1.54, 1.807) is 18.3 Å². The largest absolute Gasteiger partial charge is 0.348 e. The number of pyridine rings is 1. The first kappa shape index (κ1) is 15.0. The van der Waals surface area contributed by atoms with Crippen LogP contribution in [-0.4, -0.2) is 26.7 Å². The van der Waals surface area contributed by atoms with Crippen molar-refractivity contribution in [1.82, 2.24) is 20.1 Å². The molecular weight excluding hydrogens is 372 g/mol. The van der Waals surface area contributed by atoms with Crippen LogP contribution in [0.15, 0.2) is 51.9 Å². The van der Waals surface area contributed by atoms with E-state index in [0.717, 1.165) is 17.3 Å². The summed E-state index contributed by atoms with van der Waals surface area (Å²) < 4.78 is 2.40. The number of hydrogen-bond acceptors (Lipinski definition) is 4. The van der Waals surface area contributed by atoms with Gasteiger partial charge in [-0.25, -0.2) is 9.67 Å². The van der Waals surface area contributed by atoms with Gasteiger partial charge in [0.1, 0.15) is 0 Å². The van der Waals surface area contributed by atoms with Crippen LogP contribution in [0.2, 0.25) is 0 Å². The fraction of sp³-hybridized carbons (Fsp3) is 0.176. The van der Waals surface area contributed by atoms with Gasteiger partial charge in [0.15, 0.2) is 11.3 Å². The molecule has 3 aromatic rings. The summed E-state index contributed by atoms with van der Waals surface area (Å²) in [7, 11) is 0. The van der Waals surface area contributed by atoms with Crippen LogP contribution in [0, 0.1) is 0 Å². The van der Waals surface area contributed by atoms with Crippen LogP contribution in [0.5, 0.6) is 0 Å². The Kier molecular flexibility index (Phi) is 3.65. The Morgan fingerprint density at radius 3 is 2.83 bits per heavy atom. The van der Waals surface area contributed by atoms with Crippen LogP contribution < -0.4 is 10.7 Å². The van der Waals surface area contributed by atoms with E-state index in [2.05, 4.69) is 31.3 Å². The van der Waals surface area contributed by atoms with E-state index in [-0.39, 0.29) is 11.7 Å². The molecule has 1 aliphatic rings. The number of hydrogen-bond donors (Lipinski definition) is 1. The highest BCUT2D eigenvalue weighted by Crippen LogP contribution is 2.20. The van der Waals surface area contributed by atoms with E-state index >= 15 is 0 Å². The lowest BCUT2D eigenvalue weighted by atomic mass is 10.2. The van der Waals surface area contributed by atoms with E-state index in [1.807, 2.05) is 24.3 Å². The summed E-state index contributed by atoms with van der Waals surface area (Å²) in [6.07, 6.45) is 3.49. The highest BCUT2D eigenvalue weighted by Gasteiger charge is 2.27. The Balaban J connectivity index is 1.96. The number of nitrogens with zero attached hydrogens (tertiary/aromatic N) is 3. The molecule has 120 valence electrons. The summed E-state index contributed by atoms with van der Waals surface area (Å²) in [6, 6.07) is 10.9. The van der Waals surface area contributed by atoms with Gasteiger partial charge in [-0.15, -0.1) is 0 Å². The normalized spacial score (nSPS) is 13.9. The molecule has 1 fully saturated rings. The standard InChI is InChI=1S/C17H13BrN4O2/c18-10-3-1-4-12(9-10)22-16-13(5-2-8-19-16)15(23)14(21-22)17(24)20-11-6-7-11/h1-5,8-9,11H,6-7H2,(H,20,24). The van der Waals surface area contributed by atoms with Crippen molar-refractivity contribution in [3.8, 4) is 5.69 Å². The van der Waals surface area contributed by atoms with E-state index in [4.69, 9.17) is 0 Å². The van der Waals surface area contributed by atoms with Gasteiger partial charge < -0.3 is 5.32 Å². The molecule has 1 aliphatic carbocycles. The maximum absolute atomic E-state index is 12.6. The van der Waals surface area contributed by atoms with Crippen molar-refractivity contribution in [3.63, 3.8) is 0 Å². The van der Waals surface area contributed by atoms with Crippen molar-refractivity contribution >= 4 is 32.9 Å². The molecule has 0 bridgehead atoms. The highest BCUT2D eigenvalue weighted by molar-refractivity contribution is 9.10. The molecular formula is C17H13BrN4O2. The van der Waals surface area contributed by atoms with Gasteiger partial charge in [-0.05, 0) is 43.2 Å². The molecule has 0 saturated heterocycles. The van der Waals surface area contributed by atoms with Gasteiger partial charge in [-0.3, -0.25) is 9.59 Å². The summed E-state index contributed by atoms with van der Waals surface area (Å²) >= 11 is 3.42. The smallest absolute Gasteiger partial charge is 0.276 e. The number of fused-ring (bicyclic) bond motifs is 1. The average molecular weight is 385 g/mol. The molecule has 7 heteroatoms. The number of benzene rings is 1. The zero-order chi connectivity index (χ0) is 16.7. The van der Waals surface area contributed by atoms with Gasteiger partial charge in [-0.1, -0.05) is 22.0 Å². The molecule has 0 spiro atoms. The number of halogens is 1. The maximum Gasteiger partial charge on any atom is 0.276 e. The maximum atomic E-state index is 12.6. The Bertz CT molecular complexity index is 1010. The molecule has 0 atom stereocenters. The van der Waals surface area contributed by atoms with Crippen LogP contribution in [0.3, 0.4) is 0 Å². The third-order valence-corrected chi connectivity index (χ3v) is 4.32. The average Bonchev–Trinajstić information content (AvgIpc) is 3.39. The topological polar surface area (TPSA) is 76.9 Å². The monoisotopic (exact) mass is 384 g/mol. The van der Waals surface area contributed by atoms with Crippen molar-refractivity contribution in [2.75, 3.05) is 0 Å². The zero-order valence-corrected chi connectivity index (χ0v) is 14.2. The Labute approximate surface area is 145 Å². The van der Waals surface area contributed by atoms with E-state index < -0.39 is 11.3 Å². The van der Waals surface area contributed by atoms with Crippen molar-refractivity contribution < 1.29 is 4.79 Å². The first-order chi connectivity index (χ1) is 11.6. The molecule has 0 unspecified atom stereocenters. The van der Waals surface area contributed by atoms with E-state index in [1.165, 1.54) is 4.68 Å². The minimum atomic E-state index is -0.433. The van der Waals surface area contributed by atoms with E-state index in [0.29, 0.717) is 16.7 Å². The number of carbonyl (C=O) groups is 1. The molecule has 24 heavy (non-hydrogen) atoms. The molecule has 1 aromatic carbocycles. The Morgan fingerprint density at radius 1 is 1.25 bits per heavy atom. The molecule has 1 saturated carbocycles. The SMILES string of the molecule is O=C(NC1CC1)c1nn(-c2cccc(Br)c2)c2ncccc2c1=O. The Hall–Kier alpha value is -2.54. The minimum Gasteiger partial charge on any atom is -0.348 e. The first-order valence-corrected chi connectivity index (χ1v) is 8.37. The highest BCUT2D eigenvalue weighted by atomic mass is 79.9. The molecule has 1 amide bonds. The van der Waals surface area contributed by atoms with Crippen molar-refractivity contribution in [3.05, 3.63) is 63.0 Å². The Morgan fingerprint density at radius 2 is 2.08 bits per heavy atom. The predicted molar refractivity (Wildman–Crippen MR) is 93.3 cm³/mol. The third-order valence-electron chi connectivity index (χ3n) is 3.83. The molecule has 0 radical (unpaired) electrons. The molecule has 2 heterocycles. The lowest BCUT2D eigenvalue weighted by molar-refractivity contribution is 0.0943. The number of nitrogens with one attached hydrogen (secondary N) is 1. The number of rotatable bonds is 3. The fourth-order valence-corrected chi connectivity index (χ4v) is 2.87. The summed E-state index contributed by atoms with van der Waals surface area (Å²) in [6.45, 7) is 0. The second kappa shape index (κ2) is 5.83. The van der Waals surface area contributed by atoms with Gasteiger partial charge in [0.05, 0.1) is 11.1 Å². The number of aromatic nitrogens is 3. The van der Waals surface area contributed by atoms with Crippen molar-refractivity contribution in [2.24, 2.45) is 0 Å². The zero-order valence-electron chi connectivity index (χ0n) is 12.6. The quantitative estimate of drug-likeness (QED) is 0.752. The first-order valence-electron chi connectivity index (χ1n) is 7.58. The third kappa shape index (κ3) is 2.71. The van der Waals surface area contributed by atoms with Crippen LogP contribution in [0.1, 0.15) is 23.3 Å². The molecule has 6 nitrogen and oxygen atoms in total. The second-order valence-corrected chi connectivity index (χ2v) is 6.61. The van der Waals surface area contributed by atoms with E-state index in [9.17, 15) is 9.59 Å². The number of carbonyl (C=O) groups excluding carboxylic acids is 1. The second-order valence-electron chi connectivity index (χ2n) is 5.69. The van der Waals surface area contributed by atoms with Gasteiger partial charge in [0.2, 0.25) is 5.43 Å². The summed E-state index contributed by atoms with van der Waals surface area (Å²) in [5.41, 5.74) is 0.627. The molecule has 0 aliphatic heterocycles. The van der Waals surface area contributed by atoms with Gasteiger partial charge in [0, 0.05) is 16.7 Å². The van der Waals surface area contributed by atoms with Gasteiger partial charge >= 0.3 is 0 Å². The molecule has 2 aromatic heterocycles. The van der Waals surface area contributed by atoms with Crippen LogP contribution >= 0.6 is 15.9 Å². The van der Waals surface area contributed by atoms with Gasteiger partial charge in [-0.2, -0.15) is 5.10 Å². The van der Waals surface area contributed by atoms with Crippen LogP contribution in [-0.2, 0) is 0 Å².